The van der Waals surface area contributed by atoms with Gasteiger partial charge in [0.25, 0.3) is 5.91 Å². The maximum atomic E-state index is 14.1. The molecular formula is C33H37F3N8O3. The smallest absolute Gasteiger partial charge is 0.416 e. The van der Waals surface area contributed by atoms with Crippen LogP contribution in [0, 0.1) is 0 Å². The fourth-order valence-electron chi connectivity index (χ4n) is 6.13. The SMILES string of the molecule is CC[C@@H]1CN(C(=O)Cc2ccc(CN3CCNCC3)c(C(F)(F)F)c2)Cc2cc(Oc3ccnn4cc(C(=O)N(C)C)nc34)cnc21. The molecule has 2 aliphatic heterocycles. The molecule has 0 radical (unpaired) electrons. The molecular weight excluding hydrogens is 613 g/mol. The first kappa shape index (κ1) is 32.4. The molecule has 1 saturated heterocycles. The standard InChI is InChI=1S/C33H37F3N8O3/c1-4-22-18-43(29(45)14-21-5-6-23(26(13-21)33(34,35)36)17-42-11-9-37-10-12-42)19-24-15-25(16-38-30(22)24)47-28-7-8-39-44-20-27(40-31(28)44)32(46)41(2)3/h5-8,13,15-16,20,22,37H,4,9-12,14,17-19H2,1-3H3/t22-/m1/s1. The summed E-state index contributed by atoms with van der Waals surface area (Å²) in [6.45, 7) is 5.75. The summed E-state index contributed by atoms with van der Waals surface area (Å²) in [6, 6.07) is 7.73. The summed E-state index contributed by atoms with van der Waals surface area (Å²) >= 11 is 0. The Morgan fingerprint density at radius 1 is 1.13 bits per heavy atom. The normalized spacial score (nSPS) is 17.1. The summed E-state index contributed by atoms with van der Waals surface area (Å²) in [5, 5.41) is 7.44. The van der Waals surface area contributed by atoms with Crippen molar-refractivity contribution in [2.75, 3.05) is 46.8 Å². The minimum Gasteiger partial charge on any atom is -0.452 e. The quantitative estimate of drug-likeness (QED) is 0.304. The summed E-state index contributed by atoms with van der Waals surface area (Å²) in [7, 11) is 3.27. The van der Waals surface area contributed by atoms with Crippen LogP contribution in [0.4, 0.5) is 13.2 Å². The Balaban J connectivity index is 1.20. The number of hydrogen-bond donors (Lipinski definition) is 1. The van der Waals surface area contributed by atoms with Crippen molar-refractivity contribution in [2.45, 2.75) is 44.9 Å². The zero-order valence-corrected chi connectivity index (χ0v) is 26.5. The summed E-state index contributed by atoms with van der Waals surface area (Å²) in [6.07, 6.45) is 0.741. The number of carbonyl (C=O) groups is 2. The van der Waals surface area contributed by atoms with E-state index in [2.05, 4.69) is 20.4 Å². The Morgan fingerprint density at radius 3 is 2.64 bits per heavy atom. The van der Waals surface area contributed by atoms with Gasteiger partial charge in [-0.3, -0.25) is 19.5 Å². The second kappa shape index (κ2) is 13.3. The topological polar surface area (TPSA) is 108 Å². The molecule has 47 heavy (non-hydrogen) atoms. The minimum atomic E-state index is -4.53. The highest BCUT2D eigenvalue weighted by Gasteiger charge is 2.35. The van der Waals surface area contributed by atoms with Crippen molar-refractivity contribution in [1.82, 2.24) is 39.6 Å². The number of alkyl halides is 3. The molecule has 14 heteroatoms. The van der Waals surface area contributed by atoms with Crippen molar-refractivity contribution in [2.24, 2.45) is 0 Å². The van der Waals surface area contributed by atoms with Crippen LogP contribution >= 0.6 is 0 Å². The van der Waals surface area contributed by atoms with Crippen molar-refractivity contribution in [3.05, 3.63) is 82.6 Å². The van der Waals surface area contributed by atoms with Gasteiger partial charge in [-0.2, -0.15) is 18.3 Å². The number of carbonyl (C=O) groups excluding carboxylic acids is 2. The van der Waals surface area contributed by atoms with Crippen molar-refractivity contribution in [3.8, 4) is 11.5 Å². The second-order valence-electron chi connectivity index (χ2n) is 12.2. The molecule has 0 spiro atoms. The van der Waals surface area contributed by atoms with E-state index >= 15 is 0 Å². The van der Waals surface area contributed by atoms with E-state index in [1.54, 1.807) is 37.3 Å². The van der Waals surface area contributed by atoms with E-state index in [-0.39, 0.29) is 48.5 Å². The molecule has 2 aliphatic rings. The summed E-state index contributed by atoms with van der Waals surface area (Å²) in [5.41, 5.74) is 2.09. The maximum Gasteiger partial charge on any atom is 0.416 e. The fraction of sp³-hybridized carbons (Fsp3) is 0.424. The summed E-state index contributed by atoms with van der Waals surface area (Å²) < 4.78 is 50.0. The molecule has 3 aromatic heterocycles. The van der Waals surface area contributed by atoms with Gasteiger partial charge in [-0.1, -0.05) is 19.1 Å². The number of fused-ring (bicyclic) bond motifs is 2. The number of amides is 2. The number of hydrogen-bond acceptors (Lipinski definition) is 8. The first-order chi connectivity index (χ1) is 22.5. The van der Waals surface area contributed by atoms with Gasteiger partial charge in [-0.05, 0) is 35.2 Å². The van der Waals surface area contributed by atoms with E-state index in [9.17, 15) is 22.8 Å². The van der Waals surface area contributed by atoms with Crippen molar-refractivity contribution >= 4 is 17.5 Å². The molecule has 1 fully saturated rings. The monoisotopic (exact) mass is 650 g/mol. The van der Waals surface area contributed by atoms with E-state index in [1.165, 1.54) is 27.9 Å². The number of nitrogens with one attached hydrogen (secondary N) is 1. The van der Waals surface area contributed by atoms with Crippen LogP contribution in [0.3, 0.4) is 0 Å². The van der Waals surface area contributed by atoms with Gasteiger partial charge in [0.05, 0.1) is 36.3 Å². The Labute approximate surface area is 270 Å². The summed E-state index contributed by atoms with van der Waals surface area (Å²) in [5.74, 6) is 0.224. The number of ether oxygens (including phenoxy) is 1. The molecule has 2 amide bonds. The van der Waals surface area contributed by atoms with E-state index < -0.39 is 11.7 Å². The van der Waals surface area contributed by atoms with Gasteiger partial charge in [0.15, 0.2) is 11.4 Å². The molecule has 6 rings (SSSR count). The Bertz CT molecular complexity index is 1780. The molecule has 1 atom stereocenters. The van der Waals surface area contributed by atoms with E-state index in [1.807, 2.05) is 17.9 Å². The predicted octanol–water partition coefficient (Wildman–Crippen LogP) is 4.12. The Hall–Kier alpha value is -4.56. The fourth-order valence-corrected chi connectivity index (χ4v) is 6.13. The molecule has 1 aromatic carbocycles. The highest BCUT2D eigenvalue weighted by molar-refractivity contribution is 5.92. The Kier molecular flexibility index (Phi) is 9.15. The molecule has 11 nitrogen and oxygen atoms in total. The third-order valence-corrected chi connectivity index (χ3v) is 8.63. The number of piperazine rings is 1. The molecule has 0 aliphatic carbocycles. The van der Waals surface area contributed by atoms with Gasteiger partial charge >= 0.3 is 6.18 Å². The highest BCUT2D eigenvalue weighted by Crippen LogP contribution is 2.35. The van der Waals surface area contributed by atoms with Gasteiger partial charge in [-0.25, -0.2) is 9.50 Å². The first-order valence-corrected chi connectivity index (χ1v) is 15.6. The van der Waals surface area contributed by atoms with Crippen LogP contribution in [0.2, 0.25) is 0 Å². The van der Waals surface area contributed by atoms with Gasteiger partial charge in [0.2, 0.25) is 5.91 Å². The average molecular weight is 651 g/mol. The van der Waals surface area contributed by atoms with Crippen LogP contribution in [0.15, 0.2) is 48.9 Å². The van der Waals surface area contributed by atoms with E-state index in [4.69, 9.17) is 4.74 Å². The molecule has 1 N–H and O–H groups in total. The zero-order chi connectivity index (χ0) is 33.3. The van der Waals surface area contributed by atoms with Gasteiger partial charge < -0.3 is 19.9 Å². The molecule has 0 bridgehead atoms. The number of halogens is 3. The zero-order valence-electron chi connectivity index (χ0n) is 26.5. The average Bonchev–Trinajstić information content (AvgIpc) is 3.50. The van der Waals surface area contributed by atoms with Gasteiger partial charge in [-0.15, -0.1) is 0 Å². The van der Waals surface area contributed by atoms with Crippen LogP contribution < -0.4 is 10.1 Å². The predicted molar refractivity (Wildman–Crippen MR) is 167 cm³/mol. The molecule has 5 heterocycles. The molecule has 248 valence electrons. The van der Waals surface area contributed by atoms with E-state index in [0.29, 0.717) is 42.3 Å². The lowest BCUT2D eigenvalue weighted by atomic mass is 9.92. The maximum absolute atomic E-state index is 14.1. The highest BCUT2D eigenvalue weighted by atomic mass is 19.4. The number of benzene rings is 1. The van der Waals surface area contributed by atoms with E-state index in [0.717, 1.165) is 36.8 Å². The van der Waals surface area contributed by atoms with Crippen LogP contribution in [0.5, 0.6) is 11.5 Å². The summed E-state index contributed by atoms with van der Waals surface area (Å²) in [4.78, 5) is 40.2. The van der Waals surface area contributed by atoms with Crippen LogP contribution in [-0.2, 0) is 30.5 Å². The molecule has 0 saturated carbocycles. The van der Waals surface area contributed by atoms with Crippen LogP contribution in [0.1, 0.15) is 57.7 Å². The molecule has 0 unspecified atom stereocenters. The lowest BCUT2D eigenvalue weighted by molar-refractivity contribution is -0.138. The number of pyridine rings is 1. The van der Waals surface area contributed by atoms with Gasteiger partial charge in [0, 0.05) is 71.9 Å². The van der Waals surface area contributed by atoms with Crippen molar-refractivity contribution in [1.29, 1.82) is 0 Å². The lowest BCUT2D eigenvalue weighted by Gasteiger charge is -2.34. The largest absolute Gasteiger partial charge is 0.452 e. The molecule has 4 aromatic rings. The van der Waals surface area contributed by atoms with Gasteiger partial charge in [0.1, 0.15) is 11.4 Å². The third-order valence-electron chi connectivity index (χ3n) is 8.63. The van der Waals surface area contributed by atoms with Crippen molar-refractivity contribution < 1.29 is 27.5 Å². The second-order valence-corrected chi connectivity index (χ2v) is 12.2. The lowest BCUT2D eigenvalue weighted by Crippen LogP contribution is -2.43. The number of rotatable bonds is 8. The number of imidazole rings is 1. The van der Waals surface area contributed by atoms with Crippen molar-refractivity contribution in [3.63, 3.8) is 0 Å². The first-order valence-electron chi connectivity index (χ1n) is 15.6. The van der Waals surface area contributed by atoms with Crippen LogP contribution in [0.25, 0.3) is 5.65 Å². The Morgan fingerprint density at radius 2 is 1.91 bits per heavy atom. The third kappa shape index (κ3) is 7.08. The minimum absolute atomic E-state index is 0.0385. The number of aromatic nitrogens is 4. The van der Waals surface area contributed by atoms with Crippen LogP contribution in [-0.4, -0.2) is 92.9 Å². The number of nitrogens with zero attached hydrogens (tertiary/aromatic N) is 7.